The first kappa shape index (κ1) is 17.8. The average Bonchev–Trinajstić information content (AvgIpc) is 2.61. The molecule has 0 radical (unpaired) electrons. The molecule has 2 aromatic rings. The minimum absolute atomic E-state index is 0.0959. The highest BCUT2D eigenvalue weighted by Crippen LogP contribution is 2.29. The number of carbonyl (C=O) groups excluding carboxylic acids is 1. The lowest BCUT2D eigenvalue weighted by molar-refractivity contribution is -0.0228. The third kappa shape index (κ3) is 3.80. The standard InChI is InChI=1S/C18H19ClFN3O2/c1-3-16-14(8-11(2)21-22-16)18(24)23-6-7-25-17(10-23)13-5-4-12(20)9-15(13)19/h4-5,8-9,17H,3,6-7,10H2,1-2H3. The zero-order valence-corrected chi connectivity index (χ0v) is 14.9. The SMILES string of the molecule is CCc1nnc(C)cc1C(=O)N1CCOC(c2ccc(F)cc2Cl)C1. The third-order valence-electron chi connectivity index (χ3n) is 4.22. The number of amides is 1. The summed E-state index contributed by atoms with van der Waals surface area (Å²) in [5.41, 5.74) is 2.63. The van der Waals surface area contributed by atoms with Crippen LogP contribution in [0.15, 0.2) is 24.3 Å². The Morgan fingerprint density at radius 1 is 1.40 bits per heavy atom. The zero-order valence-electron chi connectivity index (χ0n) is 14.1. The maximum absolute atomic E-state index is 13.3. The van der Waals surface area contributed by atoms with Crippen LogP contribution in [-0.4, -0.2) is 40.7 Å². The van der Waals surface area contributed by atoms with Crippen molar-refractivity contribution in [3.05, 3.63) is 57.6 Å². The topological polar surface area (TPSA) is 55.3 Å². The van der Waals surface area contributed by atoms with Crippen molar-refractivity contribution in [2.24, 2.45) is 0 Å². The Labute approximate surface area is 150 Å². The van der Waals surface area contributed by atoms with E-state index >= 15 is 0 Å². The van der Waals surface area contributed by atoms with E-state index in [1.54, 1.807) is 17.0 Å². The number of nitrogens with zero attached hydrogens (tertiary/aromatic N) is 3. The number of benzene rings is 1. The number of aryl methyl sites for hydroxylation is 2. The first-order valence-electron chi connectivity index (χ1n) is 8.18. The van der Waals surface area contributed by atoms with Crippen LogP contribution in [0.25, 0.3) is 0 Å². The zero-order chi connectivity index (χ0) is 18.0. The molecule has 7 heteroatoms. The lowest BCUT2D eigenvalue weighted by Crippen LogP contribution is -2.42. The van der Waals surface area contributed by atoms with Crippen molar-refractivity contribution in [3.8, 4) is 0 Å². The first-order chi connectivity index (χ1) is 12.0. The summed E-state index contributed by atoms with van der Waals surface area (Å²) in [6, 6.07) is 5.97. The fourth-order valence-electron chi connectivity index (χ4n) is 2.92. The molecule has 1 saturated heterocycles. The molecule has 1 aliphatic rings. The molecule has 1 unspecified atom stereocenters. The Morgan fingerprint density at radius 2 is 2.20 bits per heavy atom. The molecule has 1 aromatic heterocycles. The van der Waals surface area contributed by atoms with Gasteiger partial charge in [-0.3, -0.25) is 4.79 Å². The summed E-state index contributed by atoms with van der Waals surface area (Å²) < 4.78 is 19.0. The summed E-state index contributed by atoms with van der Waals surface area (Å²) in [5.74, 6) is -0.496. The predicted octanol–water partition coefficient (Wildman–Crippen LogP) is 3.35. The van der Waals surface area contributed by atoms with E-state index in [-0.39, 0.29) is 12.0 Å². The smallest absolute Gasteiger partial charge is 0.256 e. The maximum Gasteiger partial charge on any atom is 0.256 e. The number of halogens is 2. The lowest BCUT2D eigenvalue weighted by Gasteiger charge is -2.33. The van der Waals surface area contributed by atoms with E-state index in [1.807, 2.05) is 13.8 Å². The van der Waals surface area contributed by atoms with Crippen LogP contribution in [0.2, 0.25) is 5.02 Å². The fourth-order valence-corrected chi connectivity index (χ4v) is 3.20. The Kier molecular flexibility index (Phi) is 5.30. The highest BCUT2D eigenvalue weighted by molar-refractivity contribution is 6.31. The van der Waals surface area contributed by atoms with E-state index in [0.717, 1.165) is 0 Å². The number of carbonyl (C=O) groups is 1. The minimum Gasteiger partial charge on any atom is -0.370 e. The quantitative estimate of drug-likeness (QED) is 0.839. The van der Waals surface area contributed by atoms with Crippen molar-refractivity contribution in [2.45, 2.75) is 26.4 Å². The molecule has 1 amide bonds. The molecule has 25 heavy (non-hydrogen) atoms. The molecule has 1 aromatic carbocycles. The van der Waals surface area contributed by atoms with E-state index in [0.29, 0.717) is 53.7 Å². The number of rotatable bonds is 3. The number of aromatic nitrogens is 2. The van der Waals surface area contributed by atoms with Gasteiger partial charge in [0.2, 0.25) is 0 Å². The molecule has 0 N–H and O–H groups in total. The van der Waals surface area contributed by atoms with Gasteiger partial charge in [0.25, 0.3) is 5.91 Å². The molecule has 1 fully saturated rings. The van der Waals surface area contributed by atoms with Gasteiger partial charge in [0.15, 0.2) is 0 Å². The Balaban J connectivity index is 1.84. The predicted molar refractivity (Wildman–Crippen MR) is 92.2 cm³/mol. The number of morpholine rings is 1. The summed E-state index contributed by atoms with van der Waals surface area (Å²) in [7, 11) is 0. The van der Waals surface area contributed by atoms with Crippen molar-refractivity contribution in [1.82, 2.24) is 15.1 Å². The molecular formula is C18H19ClFN3O2. The van der Waals surface area contributed by atoms with Gasteiger partial charge in [-0.25, -0.2) is 4.39 Å². The van der Waals surface area contributed by atoms with Crippen LogP contribution in [0.3, 0.4) is 0 Å². The summed E-state index contributed by atoms with van der Waals surface area (Å²) in [4.78, 5) is 14.7. The summed E-state index contributed by atoms with van der Waals surface area (Å²) in [5, 5.41) is 8.45. The largest absolute Gasteiger partial charge is 0.370 e. The summed E-state index contributed by atoms with van der Waals surface area (Å²) in [6.07, 6.45) is 0.248. The minimum atomic E-state index is -0.400. The monoisotopic (exact) mass is 363 g/mol. The van der Waals surface area contributed by atoms with Crippen molar-refractivity contribution in [3.63, 3.8) is 0 Å². The number of hydrogen-bond acceptors (Lipinski definition) is 4. The van der Waals surface area contributed by atoms with Crippen LogP contribution in [-0.2, 0) is 11.2 Å². The Hall–Kier alpha value is -2.05. The number of hydrogen-bond donors (Lipinski definition) is 0. The molecule has 3 rings (SSSR count). The molecule has 0 bridgehead atoms. The van der Waals surface area contributed by atoms with Crippen LogP contribution in [0.4, 0.5) is 4.39 Å². The van der Waals surface area contributed by atoms with Crippen molar-refractivity contribution in [2.75, 3.05) is 19.7 Å². The highest BCUT2D eigenvalue weighted by Gasteiger charge is 2.29. The molecule has 1 aliphatic heterocycles. The number of ether oxygens (including phenoxy) is 1. The third-order valence-corrected chi connectivity index (χ3v) is 4.55. The van der Waals surface area contributed by atoms with Gasteiger partial charge in [-0.05, 0) is 31.5 Å². The van der Waals surface area contributed by atoms with Crippen LogP contribution < -0.4 is 0 Å². The van der Waals surface area contributed by atoms with Gasteiger partial charge in [0.1, 0.15) is 11.9 Å². The van der Waals surface area contributed by atoms with Crippen LogP contribution in [0.1, 0.15) is 40.3 Å². The second kappa shape index (κ2) is 7.45. The van der Waals surface area contributed by atoms with Gasteiger partial charge in [-0.1, -0.05) is 24.6 Å². The molecule has 1 atom stereocenters. The van der Waals surface area contributed by atoms with Gasteiger partial charge in [-0.15, -0.1) is 0 Å². The second-order valence-electron chi connectivity index (χ2n) is 5.98. The normalized spacial score (nSPS) is 17.6. The van der Waals surface area contributed by atoms with E-state index in [4.69, 9.17) is 16.3 Å². The van der Waals surface area contributed by atoms with Crippen molar-refractivity contribution < 1.29 is 13.9 Å². The Bertz CT molecular complexity index is 800. The van der Waals surface area contributed by atoms with E-state index < -0.39 is 5.82 Å². The fraction of sp³-hybridized carbons (Fsp3) is 0.389. The first-order valence-corrected chi connectivity index (χ1v) is 8.56. The van der Waals surface area contributed by atoms with Crippen molar-refractivity contribution >= 4 is 17.5 Å². The highest BCUT2D eigenvalue weighted by atomic mass is 35.5. The van der Waals surface area contributed by atoms with Crippen LogP contribution in [0, 0.1) is 12.7 Å². The van der Waals surface area contributed by atoms with Crippen LogP contribution in [0.5, 0.6) is 0 Å². The summed E-state index contributed by atoms with van der Waals surface area (Å²) >= 11 is 6.13. The van der Waals surface area contributed by atoms with Gasteiger partial charge in [0, 0.05) is 17.1 Å². The molecule has 0 aliphatic carbocycles. The van der Waals surface area contributed by atoms with Crippen molar-refractivity contribution in [1.29, 1.82) is 0 Å². The maximum atomic E-state index is 13.3. The molecule has 2 heterocycles. The Morgan fingerprint density at radius 3 is 2.92 bits per heavy atom. The van der Waals surface area contributed by atoms with Gasteiger partial charge in [-0.2, -0.15) is 10.2 Å². The van der Waals surface area contributed by atoms with E-state index in [9.17, 15) is 9.18 Å². The molecule has 0 spiro atoms. The molecular weight excluding hydrogens is 345 g/mol. The van der Waals surface area contributed by atoms with E-state index in [1.165, 1.54) is 12.1 Å². The molecule has 5 nitrogen and oxygen atoms in total. The van der Waals surface area contributed by atoms with E-state index in [2.05, 4.69) is 10.2 Å². The van der Waals surface area contributed by atoms with Crippen LogP contribution >= 0.6 is 11.6 Å². The summed E-state index contributed by atoms with van der Waals surface area (Å²) in [6.45, 7) is 4.98. The average molecular weight is 364 g/mol. The second-order valence-corrected chi connectivity index (χ2v) is 6.38. The van der Waals surface area contributed by atoms with Gasteiger partial charge in [0.05, 0.1) is 30.1 Å². The molecule has 132 valence electrons. The van der Waals surface area contributed by atoms with Gasteiger partial charge >= 0.3 is 0 Å². The lowest BCUT2D eigenvalue weighted by atomic mass is 10.1. The molecule has 0 saturated carbocycles. The van der Waals surface area contributed by atoms with Gasteiger partial charge < -0.3 is 9.64 Å².